The third-order valence-corrected chi connectivity index (χ3v) is 5.55. The Kier molecular flexibility index (Phi) is 3.72. The maximum atomic E-state index is 5.09. The lowest BCUT2D eigenvalue weighted by Crippen LogP contribution is -2.46. The van der Waals surface area contributed by atoms with Gasteiger partial charge in [0.1, 0.15) is 0 Å². The van der Waals surface area contributed by atoms with Gasteiger partial charge in [-0.1, -0.05) is 25.5 Å². The minimum absolute atomic E-state index is 0.0581. The molecule has 1 nitrogen and oxygen atoms in total. The normalized spacial score (nSPS) is 41.9. The summed E-state index contributed by atoms with van der Waals surface area (Å²) in [6.45, 7) is 9.30. The standard InChI is InChI=1S/C15H25NS/c1-10(2)12-7-8-15(4,16-17)14-6-5-11(3)9-13(12)14/h9-10,12-14H,5-8H2,1-4H3/t12-,13+,14+,15-/m0/s1. The Morgan fingerprint density at radius 2 is 2.12 bits per heavy atom. The summed E-state index contributed by atoms with van der Waals surface area (Å²) in [5.41, 5.74) is 1.63. The van der Waals surface area contributed by atoms with Crippen molar-refractivity contribution in [2.24, 2.45) is 28.0 Å². The first kappa shape index (κ1) is 13.2. The smallest absolute Gasteiger partial charge is 0.0744 e. The molecule has 2 aliphatic rings. The van der Waals surface area contributed by atoms with Crippen molar-refractivity contribution in [2.45, 2.75) is 58.9 Å². The second kappa shape index (κ2) is 4.79. The van der Waals surface area contributed by atoms with Gasteiger partial charge >= 0.3 is 0 Å². The average Bonchev–Trinajstić information content (AvgIpc) is 2.28. The van der Waals surface area contributed by atoms with E-state index in [9.17, 15) is 0 Å². The van der Waals surface area contributed by atoms with E-state index in [1.807, 2.05) is 0 Å². The van der Waals surface area contributed by atoms with Crippen LogP contribution in [0.5, 0.6) is 0 Å². The zero-order valence-corrected chi connectivity index (χ0v) is 12.4. The molecule has 4 atom stereocenters. The average molecular weight is 251 g/mol. The van der Waals surface area contributed by atoms with Gasteiger partial charge in [-0.3, -0.25) is 0 Å². The van der Waals surface area contributed by atoms with E-state index in [2.05, 4.69) is 38.1 Å². The maximum Gasteiger partial charge on any atom is 0.0744 e. The minimum atomic E-state index is 0.0581. The van der Waals surface area contributed by atoms with Gasteiger partial charge in [-0.15, -0.1) is 0 Å². The van der Waals surface area contributed by atoms with Crippen LogP contribution in [0.2, 0.25) is 0 Å². The minimum Gasteiger partial charge on any atom is -0.213 e. The van der Waals surface area contributed by atoms with Gasteiger partial charge in [0.2, 0.25) is 0 Å². The molecular weight excluding hydrogens is 226 g/mol. The van der Waals surface area contributed by atoms with Gasteiger partial charge in [-0.2, -0.15) is 0 Å². The molecule has 0 unspecified atom stereocenters. The highest BCUT2D eigenvalue weighted by atomic mass is 32.1. The Morgan fingerprint density at radius 1 is 1.41 bits per heavy atom. The lowest BCUT2D eigenvalue weighted by Gasteiger charge is -2.49. The summed E-state index contributed by atoms with van der Waals surface area (Å²) in [5, 5.41) is 0. The van der Waals surface area contributed by atoms with Gasteiger partial charge in [0.25, 0.3) is 0 Å². The van der Waals surface area contributed by atoms with E-state index < -0.39 is 0 Å². The highest BCUT2D eigenvalue weighted by Gasteiger charge is 2.47. The molecule has 0 amide bonds. The molecule has 0 spiro atoms. The summed E-state index contributed by atoms with van der Waals surface area (Å²) >= 11 is 5.09. The number of nitrogens with zero attached hydrogens (tertiary/aromatic N) is 1. The van der Waals surface area contributed by atoms with Crippen LogP contribution >= 0.6 is 0 Å². The van der Waals surface area contributed by atoms with Crippen molar-refractivity contribution in [3.8, 4) is 0 Å². The summed E-state index contributed by atoms with van der Waals surface area (Å²) in [5.74, 6) is 3.01. The molecule has 0 N–H and O–H groups in total. The van der Waals surface area contributed by atoms with Crippen LogP contribution in [-0.2, 0) is 12.4 Å². The zero-order valence-electron chi connectivity index (χ0n) is 11.6. The van der Waals surface area contributed by atoms with Crippen molar-refractivity contribution in [1.29, 1.82) is 0 Å². The third kappa shape index (κ3) is 2.33. The predicted molar refractivity (Wildman–Crippen MR) is 75.7 cm³/mol. The third-order valence-electron chi connectivity index (χ3n) is 5.13. The summed E-state index contributed by atoms with van der Waals surface area (Å²) < 4.78 is 4.34. The molecule has 96 valence electrons. The van der Waals surface area contributed by atoms with Gasteiger partial charge in [0.05, 0.1) is 5.54 Å². The van der Waals surface area contributed by atoms with Gasteiger partial charge in [0.15, 0.2) is 0 Å². The van der Waals surface area contributed by atoms with Crippen LogP contribution in [0.3, 0.4) is 0 Å². The van der Waals surface area contributed by atoms with Crippen LogP contribution in [0.1, 0.15) is 53.4 Å². The highest BCUT2D eigenvalue weighted by Crippen LogP contribution is 2.51. The van der Waals surface area contributed by atoms with Crippen molar-refractivity contribution in [2.75, 3.05) is 0 Å². The Balaban J connectivity index is 2.32. The summed E-state index contributed by atoms with van der Waals surface area (Å²) in [4.78, 5) is 0. The number of hydrogen-bond acceptors (Lipinski definition) is 2. The first-order chi connectivity index (χ1) is 7.98. The van der Waals surface area contributed by atoms with Gasteiger partial charge in [0, 0.05) is 12.4 Å². The molecule has 2 aliphatic carbocycles. The zero-order chi connectivity index (χ0) is 12.6. The molecular formula is C15H25NS. The molecule has 2 heteroatoms. The van der Waals surface area contributed by atoms with Crippen LogP contribution in [0.15, 0.2) is 16.0 Å². The second-order valence-electron chi connectivity index (χ2n) is 6.63. The molecule has 0 aromatic rings. The van der Waals surface area contributed by atoms with Crippen molar-refractivity contribution in [3.05, 3.63) is 11.6 Å². The quantitative estimate of drug-likeness (QED) is 0.658. The van der Waals surface area contributed by atoms with E-state index >= 15 is 0 Å². The summed E-state index contributed by atoms with van der Waals surface area (Å²) in [7, 11) is 0. The first-order valence-corrected chi connectivity index (χ1v) is 7.36. The molecule has 0 saturated heterocycles. The van der Waals surface area contributed by atoms with Crippen LogP contribution in [0, 0.1) is 23.7 Å². The van der Waals surface area contributed by atoms with Crippen LogP contribution in [-0.4, -0.2) is 5.54 Å². The molecule has 0 aromatic carbocycles. The molecule has 2 rings (SSSR count). The molecule has 0 radical (unpaired) electrons. The van der Waals surface area contributed by atoms with Crippen LogP contribution in [0.25, 0.3) is 0 Å². The van der Waals surface area contributed by atoms with Crippen molar-refractivity contribution in [1.82, 2.24) is 0 Å². The Hall–Kier alpha value is -0.240. The van der Waals surface area contributed by atoms with Gasteiger partial charge in [-0.25, -0.2) is 4.36 Å². The van der Waals surface area contributed by atoms with Crippen molar-refractivity contribution in [3.63, 3.8) is 0 Å². The highest BCUT2D eigenvalue weighted by molar-refractivity contribution is 7.47. The largest absolute Gasteiger partial charge is 0.213 e. The predicted octanol–water partition coefficient (Wildman–Crippen LogP) is 4.51. The molecule has 1 fully saturated rings. The Labute approximate surface area is 111 Å². The first-order valence-electron chi connectivity index (χ1n) is 7.00. The van der Waals surface area contributed by atoms with E-state index in [0.717, 1.165) is 11.8 Å². The number of allylic oxidation sites excluding steroid dienone is 2. The SMILES string of the molecule is CC1=C[C@H]2[C@@H](CC1)[C@@](C)(N=S)CC[C@H]2C(C)C. The van der Waals surface area contributed by atoms with Crippen molar-refractivity contribution < 1.29 is 0 Å². The van der Waals surface area contributed by atoms with Gasteiger partial charge in [-0.05, 0) is 63.2 Å². The number of fused-ring (bicyclic) bond motifs is 1. The molecule has 0 bridgehead atoms. The topological polar surface area (TPSA) is 12.4 Å². The fourth-order valence-corrected chi connectivity index (χ4v) is 4.21. The van der Waals surface area contributed by atoms with E-state index in [-0.39, 0.29) is 5.54 Å². The number of hydrogen-bond donors (Lipinski definition) is 0. The molecule has 17 heavy (non-hydrogen) atoms. The Morgan fingerprint density at radius 3 is 2.71 bits per heavy atom. The monoisotopic (exact) mass is 251 g/mol. The molecule has 0 aliphatic heterocycles. The summed E-state index contributed by atoms with van der Waals surface area (Å²) in [6.07, 6.45) is 7.54. The van der Waals surface area contributed by atoms with Gasteiger partial charge < -0.3 is 0 Å². The van der Waals surface area contributed by atoms with E-state index in [1.54, 1.807) is 5.57 Å². The lowest BCUT2D eigenvalue weighted by molar-refractivity contribution is 0.0694. The molecule has 1 saturated carbocycles. The van der Waals surface area contributed by atoms with Crippen molar-refractivity contribution >= 4 is 12.4 Å². The molecule has 0 aromatic heterocycles. The van der Waals surface area contributed by atoms with Crippen LogP contribution in [0.4, 0.5) is 0 Å². The fourth-order valence-electron chi connectivity index (χ4n) is 3.98. The summed E-state index contributed by atoms with van der Waals surface area (Å²) in [6, 6.07) is 0. The van der Waals surface area contributed by atoms with E-state index in [0.29, 0.717) is 11.8 Å². The number of rotatable bonds is 2. The maximum absolute atomic E-state index is 5.09. The van der Waals surface area contributed by atoms with E-state index in [4.69, 9.17) is 12.4 Å². The van der Waals surface area contributed by atoms with E-state index in [1.165, 1.54) is 25.7 Å². The Bertz CT molecular complexity index is 334. The second-order valence-corrected chi connectivity index (χ2v) is 6.81. The lowest BCUT2D eigenvalue weighted by atomic mass is 9.57. The fraction of sp³-hybridized carbons (Fsp3) is 0.867. The molecule has 0 heterocycles. The van der Waals surface area contributed by atoms with Crippen LogP contribution < -0.4 is 0 Å².